The van der Waals surface area contributed by atoms with Crippen molar-refractivity contribution in [3.8, 4) is 0 Å². The maximum atomic E-state index is 14.4. The molecule has 1 heterocycles. The molecule has 5 atom stereocenters. The van der Waals surface area contributed by atoms with Crippen molar-refractivity contribution < 1.29 is 28.8 Å². The van der Waals surface area contributed by atoms with Crippen molar-refractivity contribution in [2.45, 2.75) is 117 Å². The van der Waals surface area contributed by atoms with Gasteiger partial charge in [-0.3, -0.25) is 24.0 Å². The first-order valence-corrected chi connectivity index (χ1v) is 17.3. The Kier molecular flexibility index (Phi) is 11.8. The Morgan fingerprint density at radius 3 is 2.06 bits per heavy atom. The predicted octanol–water partition coefficient (Wildman–Crippen LogP) is 3.74. The quantitative estimate of drug-likeness (QED) is 0.187. The van der Waals surface area contributed by atoms with E-state index >= 15 is 0 Å². The highest BCUT2D eigenvalue weighted by atomic mass is 16.2. The molecule has 3 aliphatic rings. The van der Waals surface area contributed by atoms with Crippen LogP contribution in [0.2, 0.25) is 0 Å². The summed E-state index contributed by atoms with van der Waals surface area (Å²) in [6.07, 6.45) is 7.26. The van der Waals surface area contributed by atoms with Gasteiger partial charge >= 0.3 is 6.03 Å². The van der Waals surface area contributed by atoms with Gasteiger partial charge in [-0.05, 0) is 54.8 Å². The van der Waals surface area contributed by atoms with Crippen LogP contribution in [0.15, 0.2) is 30.3 Å². The second-order valence-corrected chi connectivity index (χ2v) is 15.2. The summed E-state index contributed by atoms with van der Waals surface area (Å²) < 4.78 is 0. The molecule has 1 aromatic carbocycles. The standard InChI is InChI=1S/C36H53N5O6/c1-21(2)25-19-27(33(45)38-26(18-22-16-17-22)30(43)32(37)44)41(20-25)34(46)31(36(3,4)5)40-35(47)39-28(23-12-8-6-9-13-23)29(42)24-14-10-7-11-15-24/h7,10-11,14-15,21-23,25-28,31H,6,8-9,12-13,16-20H2,1-5H3,(H2,37,44)(H,38,45)(H2,39,40,47)/t25-,26?,27+,28+,31-/m1/s1. The van der Waals surface area contributed by atoms with Crippen molar-refractivity contribution in [2.75, 3.05) is 6.54 Å². The second-order valence-electron chi connectivity index (χ2n) is 15.2. The third kappa shape index (κ3) is 9.41. The topological polar surface area (TPSA) is 168 Å². The van der Waals surface area contributed by atoms with E-state index in [-0.39, 0.29) is 29.5 Å². The molecule has 4 rings (SSSR count). The number of ketones is 2. The van der Waals surface area contributed by atoms with Crippen LogP contribution >= 0.6 is 0 Å². The van der Waals surface area contributed by atoms with Gasteiger partial charge in [0.05, 0.1) is 12.1 Å². The van der Waals surface area contributed by atoms with E-state index in [1.165, 1.54) is 4.90 Å². The molecule has 3 fully saturated rings. The van der Waals surface area contributed by atoms with E-state index in [0.717, 1.165) is 44.9 Å². The smallest absolute Gasteiger partial charge is 0.316 e. The number of urea groups is 1. The van der Waals surface area contributed by atoms with Crippen LogP contribution in [0.1, 0.15) is 103 Å². The number of Topliss-reactive ketones (excluding diaryl/α,β-unsaturated/α-hetero) is 2. The lowest BCUT2D eigenvalue weighted by Crippen LogP contribution is -2.61. The van der Waals surface area contributed by atoms with E-state index in [2.05, 4.69) is 16.0 Å². The first kappa shape index (κ1) is 36.1. The highest BCUT2D eigenvalue weighted by molar-refractivity contribution is 6.37. The Bertz CT molecular complexity index is 1310. The van der Waals surface area contributed by atoms with Gasteiger partial charge in [0.2, 0.25) is 17.6 Å². The number of rotatable bonds is 13. The predicted molar refractivity (Wildman–Crippen MR) is 178 cm³/mol. The van der Waals surface area contributed by atoms with Gasteiger partial charge in [-0.25, -0.2) is 4.79 Å². The minimum atomic E-state index is -1.10. The van der Waals surface area contributed by atoms with Gasteiger partial charge in [-0.1, -0.05) is 97.1 Å². The fourth-order valence-corrected chi connectivity index (χ4v) is 6.98. The van der Waals surface area contributed by atoms with Gasteiger partial charge < -0.3 is 26.6 Å². The van der Waals surface area contributed by atoms with Gasteiger partial charge in [0.1, 0.15) is 12.1 Å². The number of benzene rings is 1. The Balaban J connectivity index is 1.54. The second kappa shape index (κ2) is 15.4. The molecule has 0 spiro atoms. The highest BCUT2D eigenvalue weighted by Gasteiger charge is 2.46. The van der Waals surface area contributed by atoms with Crippen LogP contribution in [0, 0.1) is 29.1 Å². The minimum Gasteiger partial charge on any atom is -0.363 e. The molecule has 5 N–H and O–H groups in total. The molecule has 0 bridgehead atoms. The molecule has 1 aliphatic heterocycles. The number of carbonyl (C=O) groups excluding carboxylic acids is 6. The Morgan fingerprint density at radius 1 is 0.872 bits per heavy atom. The van der Waals surface area contributed by atoms with Gasteiger partial charge in [0.15, 0.2) is 5.78 Å². The molecule has 1 unspecified atom stereocenters. The number of hydrogen-bond acceptors (Lipinski definition) is 6. The summed E-state index contributed by atoms with van der Waals surface area (Å²) in [6.45, 7) is 9.88. The van der Waals surface area contributed by atoms with Crippen molar-refractivity contribution in [3.63, 3.8) is 0 Å². The van der Waals surface area contributed by atoms with Crippen LogP contribution in [-0.2, 0) is 19.2 Å². The molecule has 2 saturated carbocycles. The van der Waals surface area contributed by atoms with Crippen LogP contribution in [0.4, 0.5) is 4.79 Å². The van der Waals surface area contributed by atoms with E-state index in [0.29, 0.717) is 24.9 Å². The molecular weight excluding hydrogens is 598 g/mol. The van der Waals surface area contributed by atoms with Crippen molar-refractivity contribution in [1.82, 2.24) is 20.9 Å². The lowest BCUT2D eigenvalue weighted by molar-refractivity contribution is -0.143. The zero-order chi connectivity index (χ0) is 34.5. The van der Waals surface area contributed by atoms with E-state index in [1.807, 2.05) is 40.7 Å². The largest absolute Gasteiger partial charge is 0.363 e. The first-order chi connectivity index (χ1) is 22.2. The monoisotopic (exact) mass is 651 g/mol. The van der Waals surface area contributed by atoms with Crippen molar-refractivity contribution in [3.05, 3.63) is 35.9 Å². The first-order valence-electron chi connectivity index (χ1n) is 17.3. The summed E-state index contributed by atoms with van der Waals surface area (Å²) >= 11 is 0. The molecule has 0 aromatic heterocycles. The molecule has 2 aliphatic carbocycles. The summed E-state index contributed by atoms with van der Waals surface area (Å²) in [5.74, 6) is -2.62. The number of nitrogens with one attached hydrogen (secondary N) is 3. The van der Waals surface area contributed by atoms with E-state index in [4.69, 9.17) is 5.73 Å². The summed E-state index contributed by atoms with van der Waals surface area (Å²) in [6, 6.07) is 4.62. The molecule has 1 aromatic rings. The number of primary amides is 1. The van der Waals surface area contributed by atoms with Crippen molar-refractivity contribution in [1.29, 1.82) is 0 Å². The van der Waals surface area contributed by atoms with E-state index < -0.39 is 59.1 Å². The Morgan fingerprint density at radius 2 is 1.51 bits per heavy atom. The summed E-state index contributed by atoms with van der Waals surface area (Å²) in [5.41, 5.74) is 5.07. The number of likely N-dealkylation sites (tertiary alicyclic amines) is 1. The van der Waals surface area contributed by atoms with Crippen LogP contribution in [0.5, 0.6) is 0 Å². The van der Waals surface area contributed by atoms with E-state index in [9.17, 15) is 28.8 Å². The fourth-order valence-electron chi connectivity index (χ4n) is 6.98. The molecule has 47 heavy (non-hydrogen) atoms. The molecule has 11 heteroatoms. The molecular formula is C36H53N5O6. The maximum absolute atomic E-state index is 14.4. The van der Waals surface area contributed by atoms with Crippen LogP contribution in [0.25, 0.3) is 0 Å². The van der Waals surface area contributed by atoms with Crippen LogP contribution < -0.4 is 21.7 Å². The molecule has 5 amide bonds. The highest BCUT2D eigenvalue weighted by Crippen LogP contribution is 2.35. The van der Waals surface area contributed by atoms with Crippen molar-refractivity contribution >= 4 is 35.3 Å². The van der Waals surface area contributed by atoms with Gasteiger partial charge in [-0.15, -0.1) is 0 Å². The minimum absolute atomic E-state index is 0.0112. The Labute approximate surface area is 278 Å². The number of nitrogens with zero attached hydrogens (tertiary/aromatic N) is 1. The van der Waals surface area contributed by atoms with Gasteiger partial charge in [0.25, 0.3) is 5.91 Å². The summed E-state index contributed by atoms with van der Waals surface area (Å²) in [5, 5.41) is 8.56. The third-order valence-electron chi connectivity index (χ3n) is 10.1. The average molecular weight is 652 g/mol. The lowest BCUT2D eigenvalue weighted by Gasteiger charge is -2.36. The Hall–Kier alpha value is -3.76. The average Bonchev–Trinajstić information content (AvgIpc) is 3.74. The zero-order valence-electron chi connectivity index (χ0n) is 28.6. The third-order valence-corrected chi connectivity index (χ3v) is 10.1. The maximum Gasteiger partial charge on any atom is 0.316 e. The van der Waals surface area contributed by atoms with Crippen LogP contribution in [0.3, 0.4) is 0 Å². The molecule has 11 nitrogen and oxygen atoms in total. The fraction of sp³-hybridized carbons (Fsp3) is 0.667. The number of hydrogen-bond donors (Lipinski definition) is 4. The van der Waals surface area contributed by atoms with Gasteiger partial charge in [0, 0.05) is 12.1 Å². The molecule has 258 valence electrons. The molecule has 1 saturated heterocycles. The van der Waals surface area contributed by atoms with Crippen LogP contribution in [-0.4, -0.2) is 70.9 Å². The number of nitrogens with two attached hydrogens (primary N) is 1. The normalized spacial score (nSPS) is 22.2. The number of carbonyl (C=O) groups is 6. The zero-order valence-corrected chi connectivity index (χ0v) is 28.6. The summed E-state index contributed by atoms with van der Waals surface area (Å²) in [4.78, 5) is 81.3. The SMILES string of the molecule is CC(C)[C@@H]1C[C@@H](C(=O)NC(CC2CC2)C(=O)C(N)=O)N(C(=O)[C@@H](NC(=O)N[C@H](C(=O)c2ccccc2)C2CCCCC2)C(C)(C)C)C1. The van der Waals surface area contributed by atoms with Gasteiger partial charge in [-0.2, -0.15) is 0 Å². The van der Waals surface area contributed by atoms with Crippen molar-refractivity contribution in [2.24, 2.45) is 34.8 Å². The summed E-state index contributed by atoms with van der Waals surface area (Å²) in [7, 11) is 0. The van der Waals surface area contributed by atoms with E-state index in [1.54, 1.807) is 24.3 Å². The number of amides is 5. The lowest BCUT2D eigenvalue weighted by atomic mass is 9.81. The molecule has 0 radical (unpaired) electrons.